The molecule has 0 aliphatic carbocycles. The fraction of sp³-hybridized carbons (Fsp3) is 0.500. The summed E-state index contributed by atoms with van der Waals surface area (Å²) < 4.78 is 0.709. The van der Waals surface area contributed by atoms with Gasteiger partial charge in [0.2, 0.25) is 0 Å². The molecule has 0 spiro atoms. The third kappa shape index (κ3) is 5.12. The minimum Gasteiger partial charge on any atom is -0.396 e. The molecule has 0 saturated heterocycles. The summed E-state index contributed by atoms with van der Waals surface area (Å²) in [7, 11) is 0. The van der Waals surface area contributed by atoms with Crippen LogP contribution in [0.1, 0.15) is 24.8 Å². The highest BCUT2D eigenvalue weighted by molar-refractivity contribution is 9.10. The van der Waals surface area contributed by atoms with Crippen molar-refractivity contribution in [3.05, 3.63) is 38.3 Å². The van der Waals surface area contributed by atoms with Crippen LogP contribution < -0.4 is 5.32 Å². The van der Waals surface area contributed by atoms with Crippen molar-refractivity contribution in [1.82, 2.24) is 5.32 Å². The lowest BCUT2D eigenvalue weighted by molar-refractivity contribution is -0.385. The molecule has 0 unspecified atom stereocenters. The fourth-order valence-corrected chi connectivity index (χ4v) is 1.97. The Morgan fingerprint density at radius 1 is 1.33 bits per heavy atom. The summed E-state index contributed by atoms with van der Waals surface area (Å²) in [6.07, 6.45) is 2.73. The van der Waals surface area contributed by atoms with Gasteiger partial charge in [-0.25, -0.2) is 0 Å². The SMILES string of the molecule is O=[N+]([O-])c1cc(Br)ccc1CNCCCCCO. The zero-order valence-corrected chi connectivity index (χ0v) is 11.6. The summed E-state index contributed by atoms with van der Waals surface area (Å²) in [4.78, 5) is 10.5. The van der Waals surface area contributed by atoms with Crippen LogP contribution in [0.4, 0.5) is 5.69 Å². The number of nitro benzene ring substituents is 1. The number of hydrogen-bond acceptors (Lipinski definition) is 4. The van der Waals surface area contributed by atoms with Crippen LogP contribution in [0, 0.1) is 10.1 Å². The number of halogens is 1. The molecule has 0 aliphatic heterocycles. The molecule has 0 aliphatic rings. The van der Waals surface area contributed by atoms with Crippen molar-refractivity contribution in [2.75, 3.05) is 13.2 Å². The quantitative estimate of drug-likeness (QED) is 0.439. The van der Waals surface area contributed by atoms with Gasteiger partial charge in [-0.2, -0.15) is 0 Å². The third-order valence-electron chi connectivity index (χ3n) is 2.57. The van der Waals surface area contributed by atoms with Crippen LogP contribution in [0.2, 0.25) is 0 Å². The van der Waals surface area contributed by atoms with E-state index in [2.05, 4.69) is 21.2 Å². The molecule has 0 aromatic heterocycles. The Bertz CT molecular complexity index is 399. The number of aliphatic hydroxyl groups is 1. The van der Waals surface area contributed by atoms with Crippen molar-refractivity contribution in [1.29, 1.82) is 0 Å². The highest BCUT2D eigenvalue weighted by atomic mass is 79.9. The third-order valence-corrected chi connectivity index (χ3v) is 3.06. The molecular weight excluding hydrogens is 300 g/mol. The van der Waals surface area contributed by atoms with Gasteiger partial charge in [0.1, 0.15) is 0 Å². The summed E-state index contributed by atoms with van der Waals surface area (Å²) >= 11 is 3.23. The molecular formula is C12H17BrN2O3. The van der Waals surface area contributed by atoms with Gasteiger partial charge in [-0.1, -0.05) is 15.9 Å². The van der Waals surface area contributed by atoms with Gasteiger partial charge < -0.3 is 10.4 Å². The number of nitro groups is 1. The van der Waals surface area contributed by atoms with Crippen molar-refractivity contribution in [3.63, 3.8) is 0 Å². The number of aliphatic hydroxyl groups excluding tert-OH is 1. The first-order valence-electron chi connectivity index (χ1n) is 5.89. The second-order valence-corrected chi connectivity index (χ2v) is 4.91. The number of nitrogens with zero attached hydrogens (tertiary/aromatic N) is 1. The van der Waals surface area contributed by atoms with E-state index in [1.54, 1.807) is 12.1 Å². The number of hydrogen-bond donors (Lipinski definition) is 2. The van der Waals surface area contributed by atoms with Crippen LogP contribution >= 0.6 is 15.9 Å². The predicted octanol–water partition coefficient (Wildman–Crippen LogP) is 2.61. The monoisotopic (exact) mass is 316 g/mol. The van der Waals surface area contributed by atoms with E-state index in [0.717, 1.165) is 25.8 Å². The molecule has 100 valence electrons. The summed E-state index contributed by atoms with van der Waals surface area (Å²) in [5.41, 5.74) is 0.817. The molecule has 1 aromatic carbocycles. The molecule has 0 radical (unpaired) electrons. The molecule has 0 heterocycles. The summed E-state index contributed by atoms with van der Waals surface area (Å²) in [6, 6.07) is 5.07. The lowest BCUT2D eigenvalue weighted by atomic mass is 10.1. The Hall–Kier alpha value is -0.980. The van der Waals surface area contributed by atoms with Gasteiger partial charge in [0, 0.05) is 29.3 Å². The lowest BCUT2D eigenvalue weighted by Gasteiger charge is -2.06. The van der Waals surface area contributed by atoms with E-state index in [1.165, 1.54) is 6.07 Å². The van der Waals surface area contributed by atoms with Crippen LogP contribution in [0.3, 0.4) is 0 Å². The minimum absolute atomic E-state index is 0.132. The number of rotatable bonds is 8. The average molecular weight is 317 g/mol. The normalized spacial score (nSPS) is 10.6. The zero-order chi connectivity index (χ0) is 13.4. The van der Waals surface area contributed by atoms with Gasteiger partial charge >= 0.3 is 0 Å². The molecule has 0 amide bonds. The number of nitrogens with one attached hydrogen (secondary N) is 1. The summed E-state index contributed by atoms with van der Waals surface area (Å²) in [5.74, 6) is 0. The highest BCUT2D eigenvalue weighted by Crippen LogP contribution is 2.23. The van der Waals surface area contributed by atoms with Crippen molar-refractivity contribution in [2.45, 2.75) is 25.8 Å². The smallest absolute Gasteiger partial charge is 0.275 e. The van der Waals surface area contributed by atoms with E-state index in [9.17, 15) is 10.1 Å². The predicted molar refractivity (Wildman–Crippen MR) is 73.4 cm³/mol. The molecule has 6 heteroatoms. The molecule has 0 bridgehead atoms. The Morgan fingerprint density at radius 3 is 2.78 bits per heavy atom. The topological polar surface area (TPSA) is 75.4 Å². The van der Waals surface area contributed by atoms with Crippen LogP contribution in [-0.2, 0) is 6.54 Å². The van der Waals surface area contributed by atoms with Gasteiger partial charge in [-0.05, 0) is 37.9 Å². The van der Waals surface area contributed by atoms with Gasteiger partial charge in [-0.3, -0.25) is 10.1 Å². The van der Waals surface area contributed by atoms with Crippen LogP contribution in [0.25, 0.3) is 0 Å². The zero-order valence-electron chi connectivity index (χ0n) is 10.1. The van der Waals surface area contributed by atoms with Gasteiger partial charge in [0.05, 0.1) is 4.92 Å². The molecule has 0 saturated carbocycles. The van der Waals surface area contributed by atoms with Gasteiger partial charge in [0.25, 0.3) is 5.69 Å². The fourth-order valence-electron chi connectivity index (χ4n) is 1.62. The molecule has 1 aromatic rings. The van der Waals surface area contributed by atoms with Crippen molar-refractivity contribution >= 4 is 21.6 Å². The van der Waals surface area contributed by atoms with Crippen LogP contribution in [0.5, 0.6) is 0 Å². The molecule has 5 nitrogen and oxygen atoms in total. The van der Waals surface area contributed by atoms with E-state index < -0.39 is 0 Å². The Kier molecular flexibility index (Phi) is 6.85. The highest BCUT2D eigenvalue weighted by Gasteiger charge is 2.13. The first-order valence-corrected chi connectivity index (χ1v) is 6.69. The first kappa shape index (κ1) is 15.1. The Labute approximate surface area is 114 Å². The number of benzene rings is 1. The minimum atomic E-state index is -0.368. The van der Waals surface area contributed by atoms with Gasteiger partial charge in [0.15, 0.2) is 0 Å². The molecule has 18 heavy (non-hydrogen) atoms. The second-order valence-electron chi connectivity index (χ2n) is 3.99. The Balaban J connectivity index is 2.44. The Morgan fingerprint density at radius 2 is 2.11 bits per heavy atom. The second kappa shape index (κ2) is 8.18. The lowest BCUT2D eigenvalue weighted by Crippen LogP contribution is -2.15. The summed E-state index contributed by atoms with van der Waals surface area (Å²) in [6.45, 7) is 1.51. The summed E-state index contributed by atoms with van der Waals surface area (Å²) in [5, 5.41) is 22.7. The maximum Gasteiger partial charge on any atom is 0.275 e. The van der Waals surface area contributed by atoms with E-state index in [4.69, 9.17) is 5.11 Å². The van der Waals surface area contributed by atoms with Crippen molar-refractivity contribution < 1.29 is 10.0 Å². The largest absolute Gasteiger partial charge is 0.396 e. The molecule has 0 atom stereocenters. The van der Waals surface area contributed by atoms with E-state index in [0.29, 0.717) is 16.6 Å². The average Bonchev–Trinajstić information content (AvgIpc) is 2.35. The van der Waals surface area contributed by atoms with E-state index in [1.807, 2.05) is 0 Å². The molecule has 2 N–H and O–H groups in total. The molecule has 1 rings (SSSR count). The maximum absolute atomic E-state index is 10.9. The van der Waals surface area contributed by atoms with Crippen LogP contribution in [0.15, 0.2) is 22.7 Å². The van der Waals surface area contributed by atoms with Crippen LogP contribution in [-0.4, -0.2) is 23.2 Å². The van der Waals surface area contributed by atoms with E-state index >= 15 is 0 Å². The standard InChI is InChI=1S/C12H17BrN2O3/c13-11-5-4-10(12(8-11)15(17)18)9-14-6-2-1-3-7-16/h4-5,8,14,16H,1-3,6-7,9H2. The van der Waals surface area contributed by atoms with E-state index in [-0.39, 0.29) is 17.2 Å². The van der Waals surface area contributed by atoms with Crippen molar-refractivity contribution in [2.24, 2.45) is 0 Å². The first-order chi connectivity index (χ1) is 8.65. The molecule has 0 fully saturated rings. The number of unbranched alkanes of at least 4 members (excludes halogenated alkanes) is 2. The van der Waals surface area contributed by atoms with Crippen molar-refractivity contribution in [3.8, 4) is 0 Å². The van der Waals surface area contributed by atoms with Gasteiger partial charge in [-0.15, -0.1) is 0 Å². The maximum atomic E-state index is 10.9.